The smallest absolute Gasteiger partial charge is 0.336 e. The third kappa shape index (κ3) is 2.02. The molecule has 0 unspecified atom stereocenters. The van der Waals surface area contributed by atoms with Gasteiger partial charge in [-0.15, -0.1) is 0 Å². The normalized spacial score (nSPS) is 11.1. The molecule has 3 aromatic rings. The quantitative estimate of drug-likeness (QED) is 0.685. The number of nitrogens with zero attached hydrogens (tertiary/aromatic N) is 4. The van der Waals surface area contributed by atoms with Crippen LogP contribution in [-0.2, 0) is 21.1 Å². The van der Waals surface area contributed by atoms with Gasteiger partial charge < -0.3 is 14.8 Å². The van der Waals surface area contributed by atoms with Crippen LogP contribution in [0.3, 0.4) is 0 Å². The van der Waals surface area contributed by atoms with Crippen LogP contribution in [0, 0.1) is 0 Å². The topological polar surface area (TPSA) is 119 Å². The first-order valence-electron chi connectivity index (χ1n) is 6.93. The number of imidazole rings is 1. The van der Waals surface area contributed by atoms with E-state index in [1.54, 1.807) is 7.05 Å². The van der Waals surface area contributed by atoms with Gasteiger partial charge >= 0.3 is 11.7 Å². The van der Waals surface area contributed by atoms with Gasteiger partial charge in [-0.2, -0.15) is 0 Å². The van der Waals surface area contributed by atoms with E-state index in [0.717, 1.165) is 4.57 Å². The minimum Gasteiger partial charge on any atom is -0.508 e. The van der Waals surface area contributed by atoms with E-state index in [9.17, 15) is 24.6 Å². The zero-order valence-corrected chi connectivity index (χ0v) is 13.1. The molecule has 0 saturated carbocycles. The third-order valence-corrected chi connectivity index (χ3v) is 3.95. The molecule has 0 bridgehead atoms. The lowest BCUT2D eigenvalue weighted by atomic mass is 10.1. The largest absolute Gasteiger partial charge is 0.508 e. The highest BCUT2D eigenvalue weighted by molar-refractivity contribution is 5.96. The molecule has 124 valence electrons. The van der Waals surface area contributed by atoms with Gasteiger partial charge in [-0.25, -0.2) is 14.6 Å². The lowest BCUT2D eigenvalue weighted by Crippen LogP contribution is -2.37. The predicted octanol–water partition coefficient (Wildman–Crippen LogP) is 0.0415. The summed E-state index contributed by atoms with van der Waals surface area (Å²) >= 11 is 0. The van der Waals surface area contributed by atoms with Crippen molar-refractivity contribution in [1.29, 1.82) is 0 Å². The summed E-state index contributed by atoms with van der Waals surface area (Å²) in [5.74, 6) is -1.17. The van der Waals surface area contributed by atoms with E-state index in [1.165, 1.54) is 41.4 Å². The van der Waals surface area contributed by atoms with Crippen molar-refractivity contribution in [1.82, 2.24) is 18.7 Å². The van der Waals surface area contributed by atoms with Crippen LogP contribution in [0.1, 0.15) is 10.4 Å². The molecule has 3 rings (SSSR count). The van der Waals surface area contributed by atoms with Gasteiger partial charge in [0.1, 0.15) is 11.6 Å². The summed E-state index contributed by atoms with van der Waals surface area (Å²) in [5, 5.41) is 19.0. The number of aryl methyl sites for hydroxylation is 2. The van der Waals surface area contributed by atoms with Crippen molar-refractivity contribution in [3.8, 4) is 17.1 Å². The zero-order chi connectivity index (χ0) is 17.8. The van der Waals surface area contributed by atoms with Gasteiger partial charge in [0.2, 0.25) is 0 Å². The maximum absolute atomic E-state index is 12.4. The first-order valence-corrected chi connectivity index (χ1v) is 6.93. The van der Waals surface area contributed by atoms with E-state index in [1.807, 2.05) is 0 Å². The molecule has 24 heavy (non-hydrogen) atoms. The summed E-state index contributed by atoms with van der Waals surface area (Å²) in [7, 11) is 4.38. The molecule has 0 radical (unpaired) electrons. The van der Waals surface area contributed by atoms with Gasteiger partial charge in [-0.05, 0) is 18.2 Å². The highest BCUT2D eigenvalue weighted by Gasteiger charge is 2.21. The number of aromatic carboxylic acids is 1. The minimum absolute atomic E-state index is 0.0759. The average Bonchev–Trinajstić information content (AvgIpc) is 2.88. The highest BCUT2D eigenvalue weighted by Crippen LogP contribution is 2.28. The number of carboxylic acids is 1. The minimum atomic E-state index is -1.20. The first kappa shape index (κ1) is 15.5. The van der Waals surface area contributed by atoms with E-state index in [-0.39, 0.29) is 33.9 Å². The Morgan fingerprint density at radius 3 is 2.38 bits per heavy atom. The Balaban J connectivity index is 2.49. The van der Waals surface area contributed by atoms with Gasteiger partial charge in [-0.1, -0.05) is 0 Å². The molecule has 2 aromatic heterocycles. The van der Waals surface area contributed by atoms with Crippen LogP contribution in [0.2, 0.25) is 0 Å². The first-order chi connectivity index (χ1) is 11.2. The molecule has 2 N–H and O–H groups in total. The number of aromatic hydroxyl groups is 1. The summed E-state index contributed by atoms with van der Waals surface area (Å²) in [4.78, 5) is 40.1. The van der Waals surface area contributed by atoms with Crippen molar-refractivity contribution in [2.24, 2.45) is 21.1 Å². The molecule has 9 heteroatoms. The molecular weight excluding hydrogens is 316 g/mol. The standard InChI is InChI=1S/C15H14N4O5/c1-17-10-12(18(2)15(24)19(3)13(10)21)16-11(17)9-6-7(20)4-5-8(9)14(22)23/h4-6,20H,1-3H3,(H,22,23). The Labute approximate surface area is 134 Å². The molecule has 0 aliphatic carbocycles. The molecule has 0 aliphatic rings. The second-order valence-corrected chi connectivity index (χ2v) is 5.41. The fourth-order valence-corrected chi connectivity index (χ4v) is 2.66. The number of hydrogen-bond acceptors (Lipinski definition) is 5. The SMILES string of the molecule is Cn1c(=O)c2c(nc(-c3cc(O)ccc3C(=O)O)n2C)n(C)c1=O. The van der Waals surface area contributed by atoms with E-state index in [2.05, 4.69) is 4.98 Å². The molecule has 0 fully saturated rings. The lowest BCUT2D eigenvalue weighted by Gasteiger charge is -2.07. The number of fused-ring (bicyclic) bond motifs is 1. The third-order valence-electron chi connectivity index (χ3n) is 3.95. The van der Waals surface area contributed by atoms with Crippen LogP contribution < -0.4 is 11.2 Å². The number of benzene rings is 1. The molecule has 1 aromatic carbocycles. The Morgan fingerprint density at radius 2 is 1.75 bits per heavy atom. The number of carboxylic acid groups (broad SMARTS) is 1. The van der Waals surface area contributed by atoms with Crippen LogP contribution in [0.25, 0.3) is 22.6 Å². The number of phenols is 1. The Hall–Kier alpha value is -3.36. The van der Waals surface area contributed by atoms with Crippen LogP contribution >= 0.6 is 0 Å². The lowest BCUT2D eigenvalue weighted by molar-refractivity contribution is 0.0697. The molecule has 0 aliphatic heterocycles. The summed E-state index contributed by atoms with van der Waals surface area (Å²) in [5.41, 5.74) is -0.698. The molecule has 2 heterocycles. The summed E-state index contributed by atoms with van der Waals surface area (Å²) in [6, 6.07) is 3.76. The predicted molar refractivity (Wildman–Crippen MR) is 85.3 cm³/mol. The zero-order valence-electron chi connectivity index (χ0n) is 13.1. The van der Waals surface area contributed by atoms with Crippen LogP contribution in [0.5, 0.6) is 5.75 Å². The summed E-state index contributed by atoms with van der Waals surface area (Å²) < 4.78 is 3.58. The van der Waals surface area contributed by atoms with Crippen molar-refractivity contribution in [3.63, 3.8) is 0 Å². The average molecular weight is 330 g/mol. The Bertz CT molecular complexity index is 1120. The van der Waals surface area contributed by atoms with Gasteiger partial charge in [0, 0.05) is 26.7 Å². The molecule has 0 atom stereocenters. The fourth-order valence-electron chi connectivity index (χ4n) is 2.66. The molecular formula is C15H14N4O5. The molecule has 0 saturated heterocycles. The second-order valence-electron chi connectivity index (χ2n) is 5.41. The Morgan fingerprint density at radius 1 is 1.08 bits per heavy atom. The maximum Gasteiger partial charge on any atom is 0.336 e. The molecule has 0 spiro atoms. The van der Waals surface area contributed by atoms with Crippen LogP contribution in [-0.4, -0.2) is 34.9 Å². The highest BCUT2D eigenvalue weighted by atomic mass is 16.4. The van der Waals surface area contributed by atoms with Crippen molar-refractivity contribution in [3.05, 3.63) is 44.6 Å². The van der Waals surface area contributed by atoms with Crippen molar-refractivity contribution >= 4 is 17.1 Å². The van der Waals surface area contributed by atoms with Gasteiger partial charge in [-0.3, -0.25) is 13.9 Å². The number of phenolic OH excluding ortho intramolecular Hbond substituents is 1. The van der Waals surface area contributed by atoms with Gasteiger partial charge in [0.15, 0.2) is 11.2 Å². The van der Waals surface area contributed by atoms with Crippen molar-refractivity contribution < 1.29 is 15.0 Å². The summed E-state index contributed by atoms with van der Waals surface area (Å²) in [6.07, 6.45) is 0. The molecule has 9 nitrogen and oxygen atoms in total. The van der Waals surface area contributed by atoms with E-state index in [4.69, 9.17) is 0 Å². The van der Waals surface area contributed by atoms with Crippen molar-refractivity contribution in [2.45, 2.75) is 0 Å². The van der Waals surface area contributed by atoms with E-state index < -0.39 is 17.2 Å². The van der Waals surface area contributed by atoms with Crippen LogP contribution in [0.4, 0.5) is 0 Å². The van der Waals surface area contributed by atoms with Gasteiger partial charge in [0.05, 0.1) is 5.56 Å². The number of hydrogen-bond donors (Lipinski definition) is 2. The van der Waals surface area contributed by atoms with E-state index in [0.29, 0.717) is 0 Å². The van der Waals surface area contributed by atoms with Gasteiger partial charge in [0.25, 0.3) is 5.56 Å². The monoisotopic (exact) mass is 330 g/mol. The van der Waals surface area contributed by atoms with E-state index >= 15 is 0 Å². The second kappa shape index (κ2) is 5.08. The number of rotatable bonds is 2. The molecule has 0 amide bonds. The number of carbonyl (C=O) groups is 1. The maximum atomic E-state index is 12.4. The van der Waals surface area contributed by atoms with Crippen molar-refractivity contribution in [2.75, 3.05) is 0 Å². The number of aromatic nitrogens is 4. The Kier molecular flexibility index (Phi) is 3.29. The van der Waals surface area contributed by atoms with Crippen LogP contribution in [0.15, 0.2) is 27.8 Å². The fraction of sp³-hybridized carbons (Fsp3) is 0.200. The summed E-state index contributed by atoms with van der Waals surface area (Å²) in [6.45, 7) is 0.